The summed E-state index contributed by atoms with van der Waals surface area (Å²) in [5.41, 5.74) is 8.50. The van der Waals surface area contributed by atoms with Crippen molar-refractivity contribution >= 4 is 22.4 Å². The molecule has 1 aromatic heterocycles. The molecule has 24 heavy (non-hydrogen) atoms. The van der Waals surface area contributed by atoms with Crippen LogP contribution in [-0.2, 0) is 6.42 Å². The maximum atomic E-state index is 4.43. The molecule has 4 rings (SSSR count). The molecule has 0 saturated heterocycles. The minimum atomic E-state index is 0.977. The monoisotopic (exact) mass is 317 g/mol. The molecular formula is C21H23N3. The Kier molecular flexibility index (Phi) is 5.55. The van der Waals surface area contributed by atoms with Crippen molar-refractivity contribution in [3.63, 3.8) is 0 Å². The third-order valence-electron chi connectivity index (χ3n) is 3.75. The summed E-state index contributed by atoms with van der Waals surface area (Å²) < 4.78 is 0. The Labute approximate surface area is 143 Å². The van der Waals surface area contributed by atoms with Gasteiger partial charge in [-0.3, -0.25) is 4.99 Å². The van der Waals surface area contributed by atoms with Gasteiger partial charge in [0.2, 0.25) is 0 Å². The quantitative estimate of drug-likeness (QED) is 0.578. The van der Waals surface area contributed by atoms with Crippen LogP contribution in [0.25, 0.3) is 11.0 Å². The van der Waals surface area contributed by atoms with Gasteiger partial charge in [0.1, 0.15) is 5.82 Å². The molecule has 0 amide bonds. The number of aromatic amines is 1. The number of nitrogens with zero attached hydrogens (tertiary/aromatic N) is 2. The number of fused-ring (bicyclic) bond motifs is 2. The van der Waals surface area contributed by atoms with E-state index in [1.54, 1.807) is 0 Å². The van der Waals surface area contributed by atoms with E-state index in [-0.39, 0.29) is 0 Å². The molecule has 2 aromatic carbocycles. The number of hydrogen-bond acceptors (Lipinski definition) is 2. The molecule has 3 heteroatoms. The second kappa shape index (κ2) is 7.61. The van der Waals surface area contributed by atoms with Crippen LogP contribution >= 0.6 is 0 Å². The lowest BCUT2D eigenvalue weighted by Gasteiger charge is -1.96. The number of aromatic nitrogens is 2. The second-order valence-electron chi connectivity index (χ2n) is 6.00. The first-order chi connectivity index (χ1) is 11.5. The van der Waals surface area contributed by atoms with Crippen LogP contribution in [0.5, 0.6) is 0 Å². The number of terminal acetylenes is 1. The Balaban J connectivity index is 0.000000158. The molecule has 1 N–H and O–H groups in total. The predicted octanol–water partition coefficient (Wildman–Crippen LogP) is 5.07. The highest BCUT2D eigenvalue weighted by Gasteiger charge is 2.09. The van der Waals surface area contributed by atoms with Gasteiger partial charge in [-0.25, -0.2) is 4.98 Å². The molecule has 1 aliphatic heterocycles. The van der Waals surface area contributed by atoms with Crippen LogP contribution in [0.1, 0.15) is 29.4 Å². The first-order valence-corrected chi connectivity index (χ1v) is 7.91. The fourth-order valence-corrected chi connectivity index (χ4v) is 2.70. The van der Waals surface area contributed by atoms with Crippen molar-refractivity contribution in [2.75, 3.05) is 0 Å². The summed E-state index contributed by atoms with van der Waals surface area (Å²) in [7, 11) is 0. The van der Waals surface area contributed by atoms with Crippen LogP contribution in [0, 0.1) is 33.6 Å². The SMILES string of the molecule is C#C.CC1=Nc2cc(C)ccc2C1.Cc1ccc2nc(C)[nH]c2c1. The number of aliphatic imine (C=N–C) groups is 1. The van der Waals surface area contributed by atoms with E-state index in [1.807, 2.05) is 13.0 Å². The van der Waals surface area contributed by atoms with E-state index in [1.165, 1.54) is 28.1 Å². The fraction of sp³-hybridized carbons (Fsp3) is 0.238. The maximum absolute atomic E-state index is 4.43. The second-order valence-corrected chi connectivity index (χ2v) is 6.00. The molecule has 0 spiro atoms. The zero-order chi connectivity index (χ0) is 17.7. The summed E-state index contributed by atoms with van der Waals surface area (Å²) in [5, 5.41) is 0. The average Bonchev–Trinajstić information content (AvgIpc) is 3.09. The van der Waals surface area contributed by atoms with Gasteiger partial charge in [-0.15, -0.1) is 12.8 Å². The van der Waals surface area contributed by atoms with Crippen molar-refractivity contribution in [2.24, 2.45) is 4.99 Å². The van der Waals surface area contributed by atoms with Crippen molar-refractivity contribution in [1.82, 2.24) is 9.97 Å². The van der Waals surface area contributed by atoms with E-state index >= 15 is 0 Å². The third-order valence-corrected chi connectivity index (χ3v) is 3.75. The molecule has 0 saturated carbocycles. The summed E-state index contributed by atoms with van der Waals surface area (Å²) in [5.74, 6) is 0.977. The van der Waals surface area contributed by atoms with E-state index < -0.39 is 0 Å². The summed E-state index contributed by atoms with van der Waals surface area (Å²) in [6, 6.07) is 12.7. The van der Waals surface area contributed by atoms with Crippen LogP contribution in [0.3, 0.4) is 0 Å². The van der Waals surface area contributed by atoms with Gasteiger partial charge in [-0.1, -0.05) is 18.2 Å². The number of benzene rings is 2. The summed E-state index contributed by atoms with van der Waals surface area (Å²) in [6.07, 6.45) is 9.04. The molecule has 2 heterocycles. The van der Waals surface area contributed by atoms with Gasteiger partial charge < -0.3 is 4.98 Å². The molecule has 0 aliphatic carbocycles. The van der Waals surface area contributed by atoms with Crippen molar-refractivity contribution in [3.8, 4) is 12.8 Å². The lowest BCUT2D eigenvalue weighted by atomic mass is 10.1. The average molecular weight is 317 g/mol. The van der Waals surface area contributed by atoms with Gasteiger partial charge in [-0.2, -0.15) is 0 Å². The molecule has 0 fully saturated rings. The lowest BCUT2D eigenvalue weighted by Crippen LogP contribution is -1.87. The maximum Gasteiger partial charge on any atom is 0.104 e. The van der Waals surface area contributed by atoms with E-state index in [0.717, 1.165) is 23.3 Å². The topological polar surface area (TPSA) is 41.0 Å². The van der Waals surface area contributed by atoms with Gasteiger partial charge in [-0.05, 0) is 62.6 Å². The Morgan fingerprint density at radius 1 is 0.917 bits per heavy atom. The molecule has 0 atom stereocenters. The molecule has 0 bridgehead atoms. The van der Waals surface area contributed by atoms with Crippen LogP contribution < -0.4 is 0 Å². The van der Waals surface area contributed by atoms with E-state index in [9.17, 15) is 0 Å². The van der Waals surface area contributed by atoms with Gasteiger partial charge >= 0.3 is 0 Å². The van der Waals surface area contributed by atoms with Crippen LogP contribution in [0.2, 0.25) is 0 Å². The molecule has 122 valence electrons. The Morgan fingerprint density at radius 3 is 2.33 bits per heavy atom. The van der Waals surface area contributed by atoms with Crippen molar-refractivity contribution in [3.05, 3.63) is 58.9 Å². The highest BCUT2D eigenvalue weighted by Crippen LogP contribution is 2.27. The highest BCUT2D eigenvalue weighted by atomic mass is 14.9. The zero-order valence-corrected chi connectivity index (χ0v) is 14.7. The van der Waals surface area contributed by atoms with Gasteiger partial charge in [0.05, 0.1) is 16.7 Å². The summed E-state index contributed by atoms with van der Waals surface area (Å²) >= 11 is 0. The molecule has 0 unspecified atom stereocenters. The van der Waals surface area contributed by atoms with Crippen molar-refractivity contribution < 1.29 is 0 Å². The minimum absolute atomic E-state index is 0.977. The lowest BCUT2D eigenvalue weighted by molar-refractivity contribution is 1.17. The van der Waals surface area contributed by atoms with Crippen molar-refractivity contribution in [1.29, 1.82) is 0 Å². The molecule has 1 aliphatic rings. The Bertz CT molecular complexity index is 898. The van der Waals surface area contributed by atoms with E-state index in [2.05, 4.69) is 78.9 Å². The number of rotatable bonds is 0. The zero-order valence-electron chi connectivity index (χ0n) is 14.7. The highest BCUT2D eigenvalue weighted by molar-refractivity contribution is 5.92. The number of H-pyrrole nitrogens is 1. The van der Waals surface area contributed by atoms with Gasteiger partial charge in [0.25, 0.3) is 0 Å². The molecule has 3 aromatic rings. The fourth-order valence-electron chi connectivity index (χ4n) is 2.70. The number of nitrogens with one attached hydrogen (secondary N) is 1. The number of aryl methyl sites for hydroxylation is 3. The first-order valence-electron chi connectivity index (χ1n) is 7.91. The first kappa shape index (κ1) is 17.5. The molecule has 3 nitrogen and oxygen atoms in total. The van der Waals surface area contributed by atoms with Gasteiger partial charge in [0, 0.05) is 12.1 Å². The third kappa shape index (κ3) is 4.11. The van der Waals surface area contributed by atoms with Crippen LogP contribution in [0.4, 0.5) is 5.69 Å². The van der Waals surface area contributed by atoms with E-state index in [0.29, 0.717) is 0 Å². The largest absolute Gasteiger partial charge is 0.342 e. The number of hydrogen-bond donors (Lipinski definition) is 1. The smallest absolute Gasteiger partial charge is 0.104 e. The van der Waals surface area contributed by atoms with Crippen molar-refractivity contribution in [2.45, 2.75) is 34.1 Å². The van der Waals surface area contributed by atoms with Crippen LogP contribution in [0.15, 0.2) is 41.4 Å². The number of imidazole rings is 1. The summed E-state index contributed by atoms with van der Waals surface area (Å²) in [6.45, 7) is 8.23. The standard InChI is InChI=1S/C10H11N.C9H10N2.C2H2/c1-7-3-4-9-6-8(2)11-10(9)5-7;1-6-3-4-8-9(5-6)11-7(2)10-8;1-2/h3-5H,6H2,1-2H3;3-5H,1-2H3,(H,10,11);1-2H. The minimum Gasteiger partial charge on any atom is -0.342 e. The Hall–Kier alpha value is -2.86. The van der Waals surface area contributed by atoms with E-state index in [4.69, 9.17) is 0 Å². The molecule has 0 radical (unpaired) electrons. The molecular weight excluding hydrogens is 294 g/mol. The Morgan fingerprint density at radius 2 is 1.58 bits per heavy atom. The predicted molar refractivity (Wildman–Crippen MR) is 103 cm³/mol. The normalized spacial score (nSPS) is 11.7. The van der Waals surface area contributed by atoms with Gasteiger partial charge in [0.15, 0.2) is 0 Å². The summed E-state index contributed by atoms with van der Waals surface area (Å²) in [4.78, 5) is 11.9. The van der Waals surface area contributed by atoms with Crippen LogP contribution in [-0.4, -0.2) is 15.7 Å².